The number of carbonyl (C=O) groups excluding carboxylic acids is 1. The van der Waals surface area contributed by atoms with E-state index >= 15 is 0 Å². The first-order chi connectivity index (χ1) is 10.6. The predicted octanol–water partition coefficient (Wildman–Crippen LogP) is 1.51. The molecule has 0 spiro atoms. The number of benzene rings is 1. The van der Waals surface area contributed by atoms with E-state index in [1.54, 1.807) is 6.21 Å². The van der Waals surface area contributed by atoms with Crippen LogP contribution < -0.4 is 16.3 Å². The van der Waals surface area contributed by atoms with E-state index in [1.807, 2.05) is 30.5 Å². The number of fused-ring (bicyclic) bond motifs is 1. The molecule has 4 N–H and O–H groups in total. The number of aromatic nitrogens is 1. The molecule has 1 saturated heterocycles. The minimum atomic E-state index is -0.243. The van der Waals surface area contributed by atoms with E-state index in [0.717, 1.165) is 22.9 Å². The first kappa shape index (κ1) is 14.7. The number of carbonyl (C=O) groups is 1. The van der Waals surface area contributed by atoms with Crippen LogP contribution in [0.3, 0.4) is 0 Å². The third kappa shape index (κ3) is 3.03. The molecular weight excluding hydrogens is 278 g/mol. The number of H-pyrrole nitrogens is 1. The van der Waals surface area contributed by atoms with Crippen molar-refractivity contribution in [3.63, 3.8) is 0 Å². The molecule has 3 rings (SSSR count). The van der Waals surface area contributed by atoms with Crippen molar-refractivity contribution in [2.24, 2.45) is 11.0 Å². The number of nitrogens with zero attached hydrogens (tertiary/aromatic N) is 1. The average Bonchev–Trinajstić information content (AvgIpc) is 3.14. The lowest BCUT2D eigenvalue weighted by atomic mass is 9.99. The fourth-order valence-corrected chi connectivity index (χ4v) is 2.63. The normalized spacial score (nSPS) is 22.0. The molecule has 0 radical (unpaired) electrons. The minimum Gasteiger partial charge on any atom is -0.361 e. The zero-order valence-electron chi connectivity index (χ0n) is 12.8. The Balaban J connectivity index is 1.59. The van der Waals surface area contributed by atoms with Crippen LogP contribution in [0.15, 0.2) is 35.6 Å². The lowest BCUT2D eigenvalue weighted by Gasteiger charge is -2.12. The number of nitrogens with one attached hydrogen (secondary N) is 4. The number of aromatic amines is 1. The second-order valence-corrected chi connectivity index (χ2v) is 5.95. The highest BCUT2D eigenvalue weighted by molar-refractivity contribution is 5.99. The van der Waals surface area contributed by atoms with Gasteiger partial charge in [0.05, 0.1) is 6.21 Å². The van der Waals surface area contributed by atoms with E-state index in [-0.39, 0.29) is 11.9 Å². The highest BCUT2D eigenvalue weighted by atomic mass is 16.2. The molecule has 2 unspecified atom stereocenters. The predicted molar refractivity (Wildman–Crippen MR) is 87.3 cm³/mol. The molecule has 0 bridgehead atoms. The van der Waals surface area contributed by atoms with Gasteiger partial charge < -0.3 is 4.98 Å². The van der Waals surface area contributed by atoms with Crippen LogP contribution in [0, 0.1) is 5.92 Å². The highest BCUT2D eigenvalue weighted by Crippen LogP contribution is 2.16. The van der Waals surface area contributed by atoms with Gasteiger partial charge in [-0.2, -0.15) is 5.10 Å². The summed E-state index contributed by atoms with van der Waals surface area (Å²) in [4.78, 5) is 15.2. The smallest absolute Gasteiger partial charge is 0.258 e. The molecule has 1 aromatic carbocycles. The Morgan fingerprint density at radius 1 is 1.36 bits per heavy atom. The Kier molecular flexibility index (Phi) is 4.22. The van der Waals surface area contributed by atoms with E-state index in [4.69, 9.17) is 0 Å². The number of hydrazine groups is 1. The Hall–Kier alpha value is -2.18. The summed E-state index contributed by atoms with van der Waals surface area (Å²) in [5, 5.41) is 5.15. The van der Waals surface area contributed by atoms with Crippen molar-refractivity contribution < 1.29 is 4.79 Å². The molecule has 1 aliphatic rings. The second kappa shape index (κ2) is 6.29. The molecule has 0 aliphatic carbocycles. The van der Waals surface area contributed by atoms with Gasteiger partial charge in [0, 0.05) is 28.7 Å². The quantitative estimate of drug-likeness (QED) is 0.510. The van der Waals surface area contributed by atoms with Gasteiger partial charge in [0.15, 0.2) is 0 Å². The molecule has 116 valence electrons. The summed E-state index contributed by atoms with van der Waals surface area (Å²) in [6, 6.07) is 8.05. The van der Waals surface area contributed by atoms with Crippen LogP contribution in [0.4, 0.5) is 0 Å². The Bertz CT molecular complexity index is 691. The number of rotatable bonds is 4. The van der Waals surface area contributed by atoms with E-state index in [0.29, 0.717) is 12.0 Å². The lowest BCUT2D eigenvalue weighted by Crippen LogP contribution is -2.42. The maximum Gasteiger partial charge on any atom is 0.258 e. The van der Waals surface area contributed by atoms with Gasteiger partial charge >= 0.3 is 0 Å². The third-order valence-electron chi connectivity index (χ3n) is 4.05. The van der Waals surface area contributed by atoms with Crippen LogP contribution in [0.25, 0.3) is 10.9 Å². The first-order valence-corrected chi connectivity index (χ1v) is 7.55. The summed E-state index contributed by atoms with van der Waals surface area (Å²) in [5.41, 5.74) is 10.8. The summed E-state index contributed by atoms with van der Waals surface area (Å²) in [7, 11) is 0. The van der Waals surface area contributed by atoms with Crippen LogP contribution in [0.1, 0.15) is 25.8 Å². The standard InChI is InChI=1S/C16H21N5O/c1-10(2)14-7-15(20-19-14)16(22)21-18-9-11-8-17-13-6-4-3-5-12(11)13/h3-6,8-10,14-15,17,19-20H,7H2,1-2H3,(H,21,22)/b18-9+. The molecule has 22 heavy (non-hydrogen) atoms. The van der Waals surface area contributed by atoms with E-state index < -0.39 is 0 Å². The van der Waals surface area contributed by atoms with Gasteiger partial charge in [-0.3, -0.25) is 10.2 Å². The molecule has 1 fully saturated rings. The summed E-state index contributed by atoms with van der Waals surface area (Å²) < 4.78 is 0. The number of hydrazone groups is 1. The largest absolute Gasteiger partial charge is 0.361 e. The van der Waals surface area contributed by atoms with Crippen LogP contribution >= 0.6 is 0 Å². The molecule has 1 amide bonds. The van der Waals surface area contributed by atoms with Crippen molar-refractivity contribution in [3.05, 3.63) is 36.0 Å². The van der Waals surface area contributed by atoms with Crippen molar-refractivity contribution >= 4 is 23.0 Å². The van der Waals surface area contributed by atoms with Gasteiger partial charge in [-0.25, -0.2) is 10.9 Å². The Morgan fingerprint density at radius 2 is 2.18 bits per heavy atom. The van der Waals surface area contributed by atoms with Crippen molar-refractivity contribution in [3.8, 4) is 0 Å². The number of amides is 1. The summed E-state index contributed by atoms with van der Waals surface area (Å²) >= 11 is 0. The van der Waals surface area contributed by atoms with Crippen molar-refractivity contribution in [2.45, 2.75) is 32.4 Å². The Labute approximate surface area is 129 Å². The first-order valence-electron chi connectivity index (χ1n) is 7.55. The molecule has 2 atom stereocenters. The SMILES string of the molecule is CC(C)C1CC(C(=O)N/N=C/c2c[nH]c3ccccc23)NN1. The van der Waals surface area contributed by atoms with Crippen molar-refractivity contribution in [1.82, 2.24) is 21.3 Å². The molecular formula is C16H21N5O. The van der Waals surface area contributed by atoms with Gasteiger partial charge in [-0.1, -0.05) is 32.0 Å². The zero-order valence-corrected chi connectivity index (χ0v) is 12.8. The van der Waals surface area contributed by atoms with Gasteiger partial charge in [-0.15, -0.1) is 0 Å². The highest BCUT2D eigenvalue weighted by Gasteiger charge is 2.30. The molecule has 0 saturated carbocycles. The summed E-state index contributed by atoms with van der Waals surface area (Å²) in [6.07, 6.45) is 4.32. The van der Waals surface area contributed by atoms with Crippen LogP contribution in [-0.2, 0) is 4.79 Å². The molecule has 6 heteroatoms. The zero-order chi connectivity index (χ0) is 15.5. The maximum atomic E-state index is 12.1. The van der Waals surface area contributed by atoms with Crippen LogP contribution in [0.2, 0.25) is 0 Å². The molecule has 6 nitrogen and oxygen atoms in total. The monoisotopic (exact) mass is 299 g/mol. The molecule has 2 heterocycles. The molecule has 1 aromatic heterocycles. The number of hydrogen-bond donors (Lipinski definition) is 4. The van der Waals surface area contributed by atoms with E-state index in [9.17, 15) is 4.79 Å². The van der Waals surface area contributed by atoms with E-state index in [2.05, 4.69) is 40.2 Å². The van der Waals surface area contributed by atoms with Gasteiger partial charge in [0.1, 0.15) is 6.04 Å². The minimum absolute atomic E-state index is 0.119. The van der Waals surface area contributed by atoms with Gasteiger partial charge in [0.2, 0.25) is 0 Å². The van der Waals surface area contributed by atoms with Crippen molar-refractivity contribution in [2.75, 3.05) is 0 Å². The summed E-state index contributed by atoms with van der Waals surface area (Å²) in [6.45, 7) is 4.27. The van der Waals surface area contributed by atoms with Crippen molar-refractivity contribution in [1.29, 1.82) is 0 Å². The number of para-hydroxylation sites is 1. The van der Waals surface area contributed by atoms with Gasteiger partial charge in [-0.05, 0) is 18.4 Å². The summed E-state index contributed by atoms with van der Waals surface area (Å²) in [5.74, 6) is 0.367. The number of hydrogen-bond acceptors (Lipinski definition) is 4. The second-order valence-electron chi connectivity index (χ2n) is 5.95. The lowest BCUT2D eigenvalue weighted by molar-refractivity contribution is -0.122. The fraction of sp³-hybridized carbons (Fsp3) is 0.375. The maximum absolute atomic E-state index is 12.1. The molecule has 2 aromatic rings. The van der Waals surface area contributed by atoms with Crippen LogP contribution in [-0.4, -0.2) is 29.2 Å². The topological polar surface area (TPSA) is 81.3 Å². The third-order valence-corrected chi connectivity index (χ3v) is 4.05. The Morgan fingerprint density at radius 3 is 2.95 bits per heavy atom. The average molecular weight is 299 g/mol. The fourth-order valence-electron chi connectivity index (χ4n) is 2.63. The molecule has 1 aliphatic heterocycles. The van der Waals surface area contributed by atoms with E-state index in [1.165, 1.54) is 0 Å². The van der Waals surface area contributed by atoms with Gasteiger partial charge in [0.25, 0.3) is 5.91 Å². The van der Waals surface area contributed by atoms with Crippen LogP contribution in [0.5, 0.6) is 0 Å².